The molecule has 0 radical (unpaired) electrons. The van der Waals surface area contributed by atoms with Gasteiger partial charge in [0.25, 0.3) is 5.91 Å². The second kappa shape index (κ2) is 5.39. The molecule has 104 valence electrons. The van der Waals surface area contributed by atoms with Gasteiger partial charge in [-0.3, -0.25) is 14.9 Å². The number of primary amides is 1. The largest absolute Gasteiger partial charge is 0.380 e. The molecule has 0 fully saturated rings. The van der Waals surface area contributed by atoms with Crippen LogP contribution >= 0.6 is 0 Å². The number of anilines is 1. The Morgan fingerprint density at radius 3 is 2.85 bits per heavy atom. The number of hydrogen-bond acceptors (Lipinski definition) is 5. The quantitative estimate of drug-likeness (QED) is 0.630. The minimum Gasteiger partial charge on any atom is -0.380 e. The van der Waals surface area contributed by atoms with E-state index in [9.17, 15) is 14.9 Å². The molecular weight excluding hydrogens is 262 g/mol. The fourth-order valence-electron chi connectivity index (χ4n) is 1.82. The molecule has 0 saturated heterocycles. The van der Waals surface area contributed by atoms with Crippen LogP contribution in [0.1, 0.15) is 17.3 Å². The van der Waals surface area contributed by atoms with E-state index >= 15 is 0 Å². The van der Waals surface area contributed by atoms with Crippen molar-refractivity contribution in [1.29, 1.82) is 0 Å². The molecule has 8 nitrogen and oxygen atoms in total. The monoisotopic (exact) mass is 275 g/mol. The number of benzene rings is 1. The summed E-state index contributed by atoms with van der Waals surface area (Å²) in [5, 5.41) is 18.1. The number of nitrogens with two attached hydrogens (primary N) is 1. The summed E-state index contributed by atoms with van der Waals surface area (Å²) in [4.78, 5) is 21.8. The lowest BCUT2D eigenvalue weighted by Crippen LogP contribution is -2.09. The van der Waals surface area contributed by atoms with Crippen molar-refractivity contribution in [3.05, 3.63) is 46.3 Å². The molecule has 0 aliphatic rings. The number of carbonyl (C=O) groups is 1. The summed E-state index contributed by atoms with van der Waals surface area (Å²) >= 11 is 0. The predicted molar refractivity (Wildman–Crippen MR) is 72.9 cm³/mol. The molecule has 0 aliphatic heterocycles. The summed E-state index contributed by atoms with van der Waals surface area (Å²) in [6.07, 6.45) is 2.63. The highest BCUT2D eigenvalue weighted by Gasteiger charge is 2.21. The fourth-order valence-corrected chi connectivity index (χ4v) is 1.82. The lowest BCUT2D eigenvalue weighted by atomic mass is 10.2. The highest BCUT2D eigenvalue weighted by Crippen LogP contribution is 2.31. The second-order valence-electron chi connectivity index (χ2n) is 4.00. The minimum absolute atomic E-state index is 0.103. The number of para-hydroxylation sites is 1. The molecule has 0 saturated carbocycles. The average molecular weight is 275 g/mol. The van der Waals surface area contributed by atoms with Crippen LogP contribution in [-0.2, 0) is 0 Å². The molecule has 20 heavy (non-hydrogen) atoms. The molecule has 2 aromatic rings. The van der Waals surface area contributed by atoms with Gasteiger partial charge in [0, 0.05) is 12.7 Å². The van der Waals surface area contributed by atoms with Crippen molar-refractivity contribution >= 4 is 17.3 Å². The Hall–Kier alpha value is -2.90. The van der Waals surface area contributed by atoms with Crippen LogP contribution in [0.4, 0.5) is 11.4 Å². The number of carbonyl (C=O) groups excluding carboxylic acids is 1. The Balaban J connectivity index is 2.57. The van der Waals surface area contributed by atoms with E-state index in [1.54, 1.807) is 18.2 Å². The van der Waals surface area contributed by atoms with E-state index in [1.165, 1.54) is 17.1 Å². The van der Waals surface area contributed by atoms with Crippen molar-refractivity contribution in [3.63, 3.8) is 0 Å². The lowest BCUT2D eigenvalue weighted by Gasteiger charge is -2.08. The van der Waals surface area contributed by atoms with Crippen LogP contribution < -0.4 is 11.1 Å². The summed E-state index contributed by atoms with van der Waals surface area (Å²) in [7, 11) is 0. The van der Waals surface area contributed by atoms with E-state index in [0.717, 1.165) is 0 Å². The summed E-state index contributed by atoms with van der Waals surface area (Å²) in [6.45, 7) is 2.39. The third kappa shape index (κ3) is 2.44. The summed E-state index contributed by atoms with van der Waals surface area (Å²) < 4.78 is 1.26. The van der Waals surface area contributed by atoms with Crippen molar-refractivity contribution in [2.45, 2.75) is 6.92 Å². The number of hydrogen-bond donors (Lipinski definition) is 2. The zero-order valence-electron chi connectivity index (χ0n) is 10.7. The Kier molecular flexibility index (Phi) is 3.65. The lowest BCUT2D eigenvalue weighted by molar-refractivity contribution is -0.383. The van der Waals surface area contributed by atoms with Crippen LogP contribution in [0.5, 0.6) is 0 Å². The molecule has 1 heterocycles. The zero-order valence-corrected chi connectivity index (χ0v) is 10.7. The first kappa shape index (κ1) is 13.5. The molecule has 0 unspecified atom stereocenters. The van der Waals surface area contributed by atoms with Crippen LogP contribution in [0.15, 0.2) is 30.6 Å². The smallest absolute Gasteiger partial charge is 0.317 e. The van der Waals surface area contributed by atoms with Crippen LogP contribution in [0.3, 0.4) is 0 Å². The van der Waals surface area contributed by atoms with Gasteiger partial charge in [-0.15, -0.1) is 0 Å². The van der Waals surface area contributed by atoms with Crippen molar-refractivity contribution in [1.82, 2.24) is 9.78 Å². The molecular formula is C12H13N5O3. The van der Waals surface area contributed by atoms with E-state index in [0.29, 0.717) is 12.2 Å². The van der Waals surface area contributed by atoms with Crippen LogP contribution in [0, 0.1) is 10.1 Å². The number of aromatic nitrogens is 2. The van der Waals surface area contributed by atoms with Gasteiger partial charge in [-0.1, -0.05) is 6.07 Å². The van der Waals surface area contributed by atoms with E-state index in [2.05, 4.69) is 10.4 Å². The predicted octanol–water partition coefficient (Wildman–Crippen LogP) is 1.31. The third-order valence-electron chi connectivity index (χ3n) is 2.68. The van der Waals surface area contributed by atoms with Gasteiger partial charge in [0.1, 0.15) is 11.4 Å². The van der Waals surface area contributed by atoms with E-state index in [-0.39, 0.29) is 16.9 Å². The number of nitrogens with zero attached hydrogens (tertiary/aromatic N) is 3. The number of amides is 1. The number of rotatable bonds is 5. The second-order valence-corrected chi connectivity index (χ2v) is 4.00. The van der Waals surface area contributed by atoms with Gasteiger partial charge in [-0.05, 0) is 19.1 Å². The molecule has 0 aliphatic carbocycles. The van der Waals surface area contributed by atoms with Crippen LogP contribution in [0.25, 0.3) is 5.69 Å². The molecule has 2 rings (SSSR count). The van der Waals surface area contributed by atoms with Crippen LogP contribution in [-0.4, -0.2) is 27.2 Å². The van der Waals surface area contributed by atoms with Gasteiger partial charge < -0.3 is 11.1 Å². The first-order chi connectivity index (χ1) is 9.54. The summed E-state index contributed by atoms with van der Waals surface area (Å²) in [5.41, 5.74) is 5.89. The molecule has 1 aromatic carbocycles. The highest BCUT2D eigenvalue weighted by atomic mass is 16.6. The third-order valence-corrected chi connectivity index (χ3v) is 2.68. The Labute approximate surface area is 114 Å². The van der Waals surface area contributed by atoms with E-state index < -0.39 is 10.8 Å². The average Bonchev–Trinajstić information content (AvgIpc) is 2.88. The Morgan fingerprint density at radius 2 is 2.30 bits per heavy atom. The molecule has 0 bridgehead atoms. The maximum absolute atomic E-state index is 11.3. The Morgan fingerprint density at radius 1 is 1.55 bits per heavy atom. The van der Waals surface area contributed by atoms with Crippen molar-refractivity contribution < 1.29 is 9.72 Å². The van der Waals surface area contributed by atoms with Gasteiger partial charge >= 0.3 is 5.69 Å². The van der Waals surface area contributed by atoms with E-state index in [1.807, 2.05) is 6.92 Å². The molecule has 0 spiro atoms. The van der Waals surface area contributed by atoms with Crippen molar-refractivity contribution in [2.24, 2.45) is 5.73 Å². The maximum atomic E-state index is 11.3. The fraction of sp³-hybridized carbons (Fsp3) is 0.167. The standard InChI is InChI=1S/C12H13N5O3/c1-2-14-9-4-3-5-10(11(9)17(19)20)16-7-8(6-15-16)12(13)18/h3-7,14H,2H2,1H3,(H2,13,18). The minimum atomic E-state index is -0.637. The molecule has 1 amide bonds. The summed E-state index contributed by atoms with van der Waals surface area (Å²) in [6, 6.07) is 4.84. The van der Waals surface area contributed by atoms with Crippen LogP contribution in [0.2, 0.25) is 0 Å². The molecule has 8 heteroatoms. The SMILES string of the molecule is CCNc1cccc(-n2cc(C(N)=O)cn2)c1[N+](=O)[O-]. The first-order valence-corrected chi connectivity index (χ1v) is 5.90. The van der Waals surface area contributed by atoms with Gasteiger partial charge in [-0.2, -0.15) is 5.10 Å². The zero-order chi connectivity index (χ0) is 14.7. The summed E-state index contributed by atoms with van der Waals surface area (Å²) in [5.74, 6) is -0.637. The number of nitro groups is 1. The normalized spacial score (nSPS) is 10.2. The molecule has 0 atom stereocenters. The molecule has 1 aromatic heterocycles. The van der Waals surface area contributed by atoms with E-state index in [4.69, 9.17) is 5.73 Å². The topological polar surface area (TPSA) is 116 Å². The molecule has 3 N–H and O–H groups in total. The van der Waals surface area contributed by atoms with Gasteiger partial charge in [0.2, 0.25) is 0 Å². The highest BCUT2D eigenvalue weighted by molar-refractivity contribution is 5.92. The van der Waals surface area contributed by atoms with Gasteiger partial charge in [0.15, 0.2) is 0 Å². The maximum Gasteiger partial charge on any atom is 0.317 e. The number of nitro benzene ring substituents is 1. The first-order valence-electron chi connectivity index (χ1n) is 5.90. The Bertz CT molecular complexity index is 665. The van der Waals surface area contributed by atoms with Crippen molar-refractivity contribution in [3.8, 4) is 5.69 Å². The van der Waals surface area contributed by atoms with Crippen molar-refractivity contribution in [2.75, 3.05) is 11.9 Å². The van der Waals surface area contributed by atoms with Gasteiger partial charge in [0.05, 0.1) is 16.7 Å². The van der Waals surface area contributed by atoms with Gasteiger partial charge in [-0.25, -0.2) is 4.68 Å². The number of nitrogens with one attached hydrogen (secondary N) is 1.